The maximum absolute atomic E-state index is 12.9. The molecule has 13 N–H and O–H groups in total. The Morgan fingerprint density at radius 3 is 0.968 bits per heavy atom. The van der Waals surface area contributed by atoms with Gasteiger partial charge in [-0.3, -0.25) is 46.8 Å². The van der Waals surface area contributed by atoms with Gasteiger partial charge in [0.05, 0.1) is 187 Å². The van der Waals surface area contributed by atoms with Gasteiger partial charge in [0, 0.05) is 90.5 Å². The number of halogens is 10. The predicted molar refractivity (Wildman–Crippen MR) is 501 cm³/mol. The number of ether oxygens (including phenoxy) is 2. The summed E-state index contributed by atoms with van der Waals surface area (Å²) < 4.78 is 22.7. The quantitative estimate of drug-likeness (QED) is 0.0316. The number of aliphatic hydroxyl groups excluding tert-OH is 5. The van der Waals surface area contributed by atoms with E-state index < -0.39 is 23.0 Å². The van der Waals surface area contributed by atoms with Crippen molar-refractivity contribution in [3.05, 3.63) is 192 Å². The van der Waals surface area contributed by atoms with E-state index in [0.717, 1.165) is 125 Å². The minimum atomic E-state index is -0.658. The van der Waals surface area contributed by atoms with Gasteiger partial charge in [-0.05, 0) is 257 Å². The summed E-state index contributed by atoms with van der Waals surface area (Å²) >= 11 is 47.4. The Morgan fingerprint density at radius 1 is 0.373 bits per heavy atom. The zero-order valence-electron chi connectivity index (χ0n) is 68.2. The minimum absolute atomic E-state index is 0.00534. The van der Waals surface area contributed by atoms with E-state index in [-0.39, 0.29) is 93.4 Å². The highest BCUT2D eigenvalue weighted by atomic mass is 79.9. The molecular formula is C84H96Br5Cl5N20O12. The van der Waals surface area contributed by atoms with E-state index in [4.69, 9.17) is 67.5 Å². The molecule has 32 nitrogen and oxygen atoms in total. The Bertz CT molecular complexity index is 5530. The predicted octanol–water partition coefficient (Wildman–Crippen LogP) is 9.67. The summed E-state index contributed by atoms with van der Waals surface area (Å²) in [7, 11) is 0. The first-order valence-electron chi connectivity index (χ1n) is 42.1. The fraction of sp³-hybridized carbons (Fsp3) is 0.524. The largest absolute Gasteiger partial charge is 0.392 e. The summed E-state index contributed by atoms with van der Waals surface area (Å²) in [6, 6.07) is 17.0. The topological polar surface area (TPSA) is 448 Å². The first kappa shape index (κ1) is 93.9. The molecule has 0 amide bonds. The van der Waals surface area contributed by atoms with E-state index in [2.05, 4.69) is 158 Å². The van der Waals surface area contributed by atoms with E-state index in [1.165, 1.54) is 10.9 Å². The second kappa shape index (κ2) is 39.8. The Labute approximate surface area is 789 Å². The second-order valence-corrected chi connectivity index (χ2v) is 41.1. The molecule has 15 heterocycles. The highest BCUT2D eigenvalue weighted by Gasteiger charge is 2.51. The molecule has 12 atom stereocenters. The molecule has 5 aromatic carbocycles. The number of rotatable bonds is 20. The van der Waals surface area contributed by atoms with Gasteiger partial charge in [0.25, 0.3) is 27.8 Å². The molecule has 42 heteroatoms. The standard InChI is InChI=1S/C18H21BrClN3O3.C17H20BrClN4O2.C17H19BrClN3O3.C16H19BrClN5O2.C16H17BrClN5O2/c19-12-5-14-11(4-13(12)20)17(25)23(10-22-14)7-18(8-26-9-18)6-15-16(24)2-1-3-21-15;18-11-5-13-10(4-12(11)19)16(25)23(9-21-13)8-17(7-22-17)6-14-15(24)2-1-3-20-14;18-11-5-13-10(4-12(11)19)16(24)22(9-21-13)7-17(8-25-17)6-14-15(23)2-1-3-20-14;2*17-10-5-12-9(4-11(10)18)15(25)23(8-20-12)7-16(21-22-16)6-13-14(24)2-1-3-19-13/h4-5,10,15-16,21,24H,1-3,6-9H2;4-5,9,14-15,20,22,24H,1-3,6-8H2;4-5,9,14-15,20,23H,1-3,6-8H2;4-5,8,13-14,19,21-22,24H,1-3,6-7H2;4-5,8,13-14,19,24H,1-3,6-7H2. The number of hydrazine groups is 1. The Balaban J connectivity index is 0.000000116. The first-order chi connectivity index (χ1) is 60.4. The number of fused-ring (bicyclic) bond motifs is 5. The van der Waals surface area contributed by atoms with Crippen LogP contribution in [0.5, 0.6) is 0 Å². The number of aliphatic hydroxyl groups is 5. The van der Waals surface area contributed by atoms with E-state index in [9.17, 15) is 49.5 Å². The maximum atomic E-state index is 12.9. The summed E-state index contributed by atoms with van der Waals surface area (Å²) in [4.78, 5) is 85.9. The number of nitrogens with one attached hydrogen (secondary N) is 8. The smallest absolute Gasteiger partial charge is 0.261 e. The maximum Gasteiger partial charge on any atom is 0.261 e. The zero-order valence-corrected chi connectivity index (χ0v) is 79.9. The molecule has 10 aliphatic heterocycles. The monoisotopic (exact) mass is 2150 g/mol. The van der Waals surface area contributed by atoms with Gasteiger partial charge in [0.2, 0.25) is 5.66 Å². The van der Waals surface area contributed by atoms with Gasteiger partial charge in [-0.2, -0.15) is 10.2 Å². The second-order valence-electron chi connectivity index (χ2n) is 34.8. The number of benzene rings is 5. The van der Waals surface area contributed by atoms with E-state index >= 15 is 0 Å². The molecule has 9 fully saturated rings. The van der Waals surface area contributed by atoms with Crippen LogP contribution in [0.3, 0.4) is 0 Å². The van der Waals surface area contributed by atoms with Crippen LogP contribution in [0.4, 0.5) is 0 Å². The van der Waals surface area contributed by atoms with Crippen molar-refractivity contribution in [2.45, 2.75) is 212 Å². The van der Waals surface area contributed by atoms with Crippen molar-refractivity contribution in [1.82, 2.24) is 90.5 Å². The highest BCUT2D eigenvalue weighted by molar-refractivity contribution is 9.11. The lowest BCUT2D eigenvalue weighted by Crippen LogP contribution is -2.55. The molecule has 0 spiro atoms. The van der Waals surface area contributed by atoms with Crippen molar-refractivity contribution in [2.24, 2.45) is 15.6 Å². The van der Waals surface area contributed by atoms with Gasteiger partial charge >= 0.3 is 0 Å². The third-order valence-corrected chi connectivity index (χ3v) is 31.2. The third kappa shape index (κ3) is 22.1. The molecular weight excluding hydrogens is 2060 g/mol. The number of aromatic nitrogens is 10. The van der Waals surface area contributed by atoms with E-state index in [1.54, 1.807) is 104 Å². The first-order valence-corrected chi connectivity index (χ1v) is 48.0. The van der Waals surface area contributed by atoms with Crippen LogP contribution in [-0.4, -0.2) is 216 Å². The number of hydrogen-bond acceptors (Lipinski definition) is 27. The number of nitrogens with zero attached hydrogens (tertiary/aromatic N) is 12. The molecule has 9 saturated heterocycles. The molecule has 10 aromatic rings. The van der Waals surface area contributed by atoms with Crippen LogP contribution in [0.2, 0.25) is 25.1 Å². The summed E-state index contributed by atoms with van der Waals surface area (Å²) in [6.07, 6.45) is 18.5. The Hall–Kier alpha value is -5.35. The molecule has 20 rings (SSSR count). The normalized spacial score (nSPS) is 26.6. The molecule has 0 saturated carbocycles. The van der Waals surface area contributed by atoms with Crippen molar-refractivity contribution in [2.75, 3.05) is 59.1 Å². The van der Waals surface area contributed by atoms with Crippen LogP contribution in [0.1, 0.15) is 96.3 Å². The van der Waals surface area contributed by atoms with Crippen molar-refractivity contribution in [1.29, 1.82) is 0 Å². The van der Waals surface area contributed by atoms with Crippen LogP contribution < -0.4 is 70.5 Å². The van der Waals surface area contributed by atoms with E-state index in [0.29, 0.717) is 165 Å². The van der Waals surface area contributed by atoms with Crippen LogP contribution in [0.25, 0.3) is 54.5 Å². The average molecular weight is 2150 g/mol. The SMILES string of the molecule is O=c1c2cc(Cl)c(Br)cc2ncn1CC1(CC2NCCCC2O)CN1.O=c1c2cc(Cl)c(Br)cc2ncn1CC1(CC2NCCCC2O)CO1.O=c1c2cc(Cl)c(Br)cc2ncn1CC1(CC2NCCCC2O)COC1.O=c1c2cc(Cl)c(Br)cc2ncn1CC1(CC2NCCCC2O)N=N1.O=c1c2cc(Cl)c(Br)cc2ncn1CC1(CC2NCCCC2O)NN1. The van der Waals surface area contributed by atoms with Crippen molar-refractivity contribution in [3.63, 3.8) is 0 Å². The molecule has 126 heavy (non-hydrogen) atoms. The van der Waals surface area contributed by atoms with Gasteiger partial charge in [-0.1, -0.05) is 58.0 Å². The molecule has 12 unspecified atom stereocenters. The fourth-order valence-electron chi connectivity index (χ4n) is 17.7. The van der Waals surface area contributed by atoms with Crippen LogP contribution >= 0.6 is 138 Å². The summed E-state index contributed by atoms with van der Waals surface area (Å²) in [5.41, 5.74) is 6.88. The Morgan fingerprint density at radius 2 is 0.667 bits per heavy atom. The zero-order chi connectivity index (χ0) is 88.7. The van der Waals surface area contributed by atoms with Crippen LogP contribution in [-0.2, 0) is 42.2 Å². The van der Waals surface area contributed by atoms with Gasteiger partial charge in [0.15, 0.2) is 0 Å². The van der Waals surface area contributed by atoms with Crippen LogP contribution in [0.15, 0.2) is 149 Å². The minimum Gasteiger partial charge on any atom is -0.392 e. The van der Waals surface area contributed by atoms with Crippen molar-refractivity contribution >= 4 is 192 Å². The lowest BCUT2D eigenvalue weighted by atomic mass is 9.77. The van der Waals surface area contributed by atoms with Gasteiger partial charge < -0.3 is 66.9 Å². The lowest BCUT2D eigenvalue weighted by molar-refractivity contribution is -0.136. The lowest BCUT2D eigenvalue weighted by Gasteiger charge is -2.45. The molecule has 0 aliphatic carbocycles. The average Bonchev–Trinajstić information content (AvgIpc) is 1.79. The van der Waals surface area contributed by atoms with Crippen molar-refractivity contribution in [3.8, 4) is 0 Å². The molecule has 10 aliphatic rings. The molecule has 5 aromatic heterocycles. The molecule has 0 radical (unpaired) electrons. The Kier molecular flexibility index (Phi) is 29.7. The van der Waals surface area contributed by atoms with E-state index in [1.807, 2.05) is 0 Å². The highest BCUT2D eigenvalue weighted by Crippen LogP contribution is 2.41. The molecule has 0 bridgehead atoms. The van der Waals surface area contributed by atoms with Crippen LogP contribution in [0, 0.1) is 5.41 Å². The summed E-state index contributed by atoms with van der Waals surface area (Å²) in [5.74, 6) is 0. The summed E-state index contributed by atoms with van der Waals surface area (Å²) in [5, 5.41) is 84.3. The van der Waals surface area contributed by atoms with Crippen molar-refractivity contribution < 1.29 is 35.0 Å². The van der Waals surface area contributed by atoms with Gasteiger partial charge in [0.1, 0.15) is 11.3 Å². The number of epoxide rings is 1. The molecule has 674 valence electrons. The van der Waals surface area contributed by atoms with Gasteiger partial charge in [-0.15, -0.1) is 0 Å². The third-order valence-electron chi connectivity index (χ3n) is 25.2. The summed E-state index contributed by atoms with van der Waals surface area (Å²) in [6.45, 7) is 9.36. The fourth-order valence-corrected chi connectivity index (χ4v) is 20.2. The number of piperidine rings is 5. The number of hydrogen-bond donors (Lipinski definition) is 13. The van der Waals surface area contributed by atoms with Gasteiger partial charge in [-0.25, -0.2) is 35.8 Å².